The van der Waals surface area contributed by atoms with Crippen LogP contribution in [0.25, 0.3) is 0 Å². The SMILES string of the molecule is CC(C)(C)OC(=O)NCc1[c]ccs1. The molecule has 1 amide bonds. The van der Waals surface area contributed by atoms with Crippen molar-refractivity contribution >= 4 is 17.4 Å². The molecule has 14 heavy (non-hydrogen) atoms. The minimum Gasteiger partial charge on any atom is -0.444 e. The molecule has 1 aromatic heterocycles. The number of amides is 1. The molecule has 3 nitrogen and oxygen atoms in total. The fourth-order valence-corrected chi connectivity index (χ4v) is 1.43. The largest absolute Gasteiger partial charge is 0.444 e. The Morgan fingerprint density at radius 2 is 2.36 bits per heavy atom. The highest BCUT2D eigenvalue weighted by Gasteiger charge is 2.15. The van der Waals surface area contributed by atoms with E-state index in [0.29, 0.717) is 6.54 Å². The molecular weight excluding hydrogens is 198 g/mol. The minimum atomic E-state index is -0.441. The lowest BCUT2D eigenvalue weighted by Gasteiger charge is -2.19. The third-order valence-electron chi connectivity index (χ3n) is 1.31. The Morgan fingerprint density at radius 1 is 1.64 bits per heavy atom. The molecular formula is C10H14NO2S. The van der Waals surface area contributed by atoms with Gasteiger partial charge in [0.05, 0.1) is 6.54 Å². The summed E-state index contributed by atoms with van der Waals surface area (Å²) < 4.78 is 5.08. The Labute approximate surface area is 88.1 Å². The van der Waals surface area contributed by atoms with Crippen molar-refractivity contribution in [2.75, 3.05) is 0 Å². The number of hydrogen-bond donors (Lipinski definition) is 1. The van der Waals surface area contributed by atoms with Crippen molar-refractivity contribution < 1.29 is 9.53 Å². The maximum Gasteiger partial charge on any atom is 0.407 e. The topological polar surface area (TPSA) is 38.3 Å². The molecule has 0 saturated heterocycles. The highest BCUT2D eigenvalue weighted by atomic mass is 32.1. The molecule has 77 valence electrons. The van der Waals surface area contributed by atoms with Crippen LogP contribution in [0.15, 0.2) is 11.4 Å². The zero-order valence-electron chi connectivity index (χ0n) is 8.59. The first kappa shape index (κ1) is 11.0. The molecule has 1 rings (SSSR count). The van der Waals surface area contributed by atoms with E-state index < -0.39 is 5.60 Å². The molecule has 1 heterocycles. The average molecular weight is 212 g/mol. The lowest BCUT2D eigenvalue weighted by atomic mass is 10.2. The summed E-state index contributed by atoms with van der Waals surface area (Å²) in [7, 11) is 0. The van der Waals surface area contributed by atoms with Gasteiger partial charge in [0.1, 0.15) is 5.60 Å². The van der Waals surface area contributed by atoms with E-state index >= 15 is 0 Å². The maximum atomic E-state index is 11.2. The number of rotatable bonds is 2. The second-order valence-corrected chi connectivity index (χ2v) is 4.84. The third kappa shape index (κ3) is 4.28. The Bertz CT molecular complexity index is 288. The van der Waals surface area contributed by atoms with Gasteiger partial charge >= 0.3 is 6.09 Å². The first-order chi connectivity index (χ1) is 6.47. The number of thiophene rings is 1. The van der Waals surface area contributed by atoms with E-state index in [1.165, 1.54) is 0 Å². The van der Waals surface area contributed by atoms with E-state index in [2.05, 4.69) is 11.4 Å². The van der Waals surface area contributed by atoms with Gasteiger partial charge in [0.2, 0.25) is 0 Å². The van der Waals surface area contributed by atoms with Crippen molar-refractivity contribution in [3.63, 3.8) is 0 Å². The molecule has 0 spiro atoms. The fourth-order valence-electron chi connectivity index (χ4n) is 0.836. The second-order valence-electron chi connectivity index (χ2n) is 3.84. The van der Waals surface area contributed by atoms with Crippen molar-refractivity contribution in [2.45, 2.75) is 32.9 Å². The number of hydrogen-bond acceptors (Lipinski definition) is 3. The van der Waals surface area contributed by atoms with Gasteiger partial charge < -0.3 is 10.1 Å². The van der Waals surface area contributed by atoms with Gasteiger partial charge in [0.25, 0.3) is 0 Å². The first-order valence-electron chi connectivity index (χ1n) is 4.38. The van der Waals surface area contributed by atoms with Crippen LogP contribution >= 0.6 is 11.3 Å². The van der Waals surface area contributed by atoms with E-state index in [0.717, 1.165) is 4.88 Å². The summed E-state index contributed by atoms with van der Waals surface area (Å²) in [6.07, 6.45) is -0.390. The molecule has 0 atom stereocenters. The van der Waals surface area contributed by atoms with Gasteiger partial charge in [-0.15, -0.1) is 11.3 Å². The van der Waals surface area contributed by atoms with Crippen molar-refractivity contribution in [3.05, 3.63) is 22.4 Å². The molecule has 0 aliphatic heterocycles. The summed E-state index contributed by atoms with van der Waals surface area (Å²) >= 11 is 1.56. The van der Waals surface area contributed by atoms with Crippen LogP contribution in [-0.4, -0.2) is 11.7 Å². The van der Waals surface area contributed by atoms with Crippen LogP contribution in [0, 0.1) is 6.07 Å². The van der Waals surface area contributed by atoms with Crippen molar-refractivity contribution in [2.24, 2.45) is 0 Å². The van der Waals surface area contributed by atoms with E-state index in [1.54, 1.807) is 11.3 Å². The van der Waals surface area contributed by atoms with Gasteiger partial charge in [-0.05, 0) is 38.3 Å². The zero-order valence-corrected chi connectivity index (χ0v) is 9.40. The fraction of sp³-hybridized carbons (Fsp3) is 0.500. The van der Waals surface area contributed by atoms with Gasteiger partial charge in [0.15, 0.2) is 0 Å². The van der Waals surface area contributed by atoms with Crippen LogP contribution in [-0.2, 0) is 11.3 Å². The van der Waals surface area contributed by atoms with Gasteiger partial charge in [-0.1, -0.05) is 0 Å². The van der Waals surface area contributed by atoms with Crippen LogP contribution in [0.1, 0.15) is 25.6 Å². The lowest BCUT2D eigenvalue weighted by molar-refractivity contribution is 0.0524. The molecule has 0 fully saturated rings. The average Bonchev–Trinajstić information content (AvgIpc) is 2.49. The first-order valence-corrected chi connectivity index (χ1v) is 5.26. The van der Waals surface area contributed by atoms with E-state index in [-0.39, 0.29) is 6.09 Å². The van der Waals surface area contributed by atoms with Crippen molar-refractivity contribution in [1.82, 2.24) is 5.32 Å². The summed E-state index contributed by atoms with van der Waals surface area (Å²) in [5, 5.41) is 4.58. The van der Waals surface area contributed by atoms with Crippen LogP contribution in [0.5, 0.6) is 0 Å². The molecule has 1 radical (unpaired) electrons. The van der Waals surface area contributed by atoms with Crippen LogP contribution in [0.2, 0.25) is 0 Å². The van der Waals surface area contributed by atoms with Crippen LogP contribution in [0.4, 0.5) is 4.79 Å². The number of carbonyl (C=O) groups excluding carboxylic acids is 1. The van der Waals surface area contributed by atoms with Gasteiger partial charge in [-0.2, -0.15) is 0 Å². The number of carbonyl (C=O) groups is 1. The smallest absolute Gasteiger partial charge is 0.407 e. The molecule has 0 aliphatic carbocycles. The maximum absolute atomic E-state index is 11.2. The molecule has 0 aromatic carbocycles. The number of nitrogens with one attached hydrogen (secondary N) is 1. The van der Waals surface area contributed by atoms with Gasteiger partial charge in [-0.3, -0.25) is 0 Å². The van der Waals surface area contributed by atoms with Crippen LogP contribution in [0.3, 0.4) is 0 Å². The highest BCUT2D eigenvalue weighted by Crippen LogP contribution is 2.09. The quantitative estimate of drug-likeness (QED) is 0.818. The summed E-state index contributed by atoms with van der Waals surface area (Å²) in [5.41, 5.74) is -0.441. The van der Waals surface area contributed by atoms with E-state index in [4.69, 9.17) is 4.74 Å². The Hall–Kier alpha value is -1.03. The lowest BCUT2D eigenvalue weighted by Crippen LogP contribution is -2.31. The molecule has 0 aliphatic rings. The van der Waals surface area contributed by atoms with Crippen molar-refractivity contribution in [3.8, 4) is 0 Å². The van der Waals surface area contributed by atoms with Gasteiger partial charge in [-0.25, -0.2) is 4.79 Å². The molecule has 0 unspecified atom stereocenters. The summed E-state index contributed by atoms with van der Waals surface area (Å²) in [5.74, 6) is 0. The van der Waals surface area contributed by atoms with E-state index in [9.17, 15) is 4.79 Å². The third-order valence-corrected chi connectivity index (χ3v) is 2.13. The standard InChI is InChI=1S/C10H14NO2S/c1-10(2,3)13-9(12)11-7-8-5-4-6-14-8/h4,6H,7H2,1-3H3,(H,11,12). The number of alkyl carbamates (subject to hydrolysis) is 1. The minimum absolute atomic E-state index is 0.390. The Morgan fingerprint density at radius 3 is 2.86 bits per heavy atom. The summed E-state index contributed by atoms with van der Waals surface area (Å²) in [4.78, 5) is 12.2. The van der Waals surface area contributed by atoms with Crippen molar-refractivity contribution in [1.29, 1.82) is 0 Å². The molecule has 4 heteroatoms. The molecule has 1 N–H and O–H groups in total. The molecule has 0 saturated carbocycles. The van der Waals surface area contributed by atoms with E-state index in [1.807, 2.05) is 32.2 Å². The summed E-state index contributed by atoms with van der Waals surface area (Å²) in [6.45, 7) is 5.99. The molecule has 0 bridgehead atoms. The normalized spacial score (nSPS) is 11.1. The predicted octanol–water partition coefficient (Wildman–Crippen LogP) is 2.57. The monoisotopic (exact) mass is 212 g/mol. The van der Waals surface area contributed by atoms with Crippen LogP contribution < -0.4 is 5.32 Å². The summed E-state index contributed by atoms with van der Waals surface area (Å²) in [6, 6.07) is 4.83. The Kier molecular flexibility index (Phi) is 3.52. The molecule has 1 aromatic rings. The van der Waals surface area contributed by atoms with Gasteiger partial charge in [0, 0.05) is 4.88 Å². The Balaban J connectivity index is 2.29. The second kappa shape index (κ2) is 4.46. The number of ether oxygens (including phenoxy) is 1. The zero-order chi connectivity index (χ0) is 10.6. The predicted molar refractivity (Wildman–Crippen MR) is 56.2 cm³/mol. The highest BCUT2D eigenvalue weighted by molar-refractivity contribution is 7.09.